The number of hydrogen-bond acceptors (Lipinski definition) is 3. The van der Waals surface area contributed by atoms with E-state index >= 15 is 0 Å². The lowest BCUT2D eigenvalue weighted by atomic mass is 10.1. The fourth-order valence-electron chi connectivity index (χ4n) is 3.15. The smallest absolute Gasteiger partial charge is 0.253 e. The van der Waals surface area contributed by atoms with Crippen LogP contribution in [0.1, 0.15) is 28.8 Å². The topological polar surface area (TPSA) is 44.4 Å². The van der Waals surface area contributed by atoms with Gasteiger partial charge in [0.15, 0.2) is 0 Å². The van der Waals surface area contributed by atoms with E-state index < -0.39 is 0 Å². The lowest BCUT2D eigenvalue weighted by molar-refractivity contribution is 0.0950. The van der Waals surface area contributed by atoms with Crippen LogP contribution in [0.15, 0.2) is 36.4 Å². The van der Waals surface area contributed by atoms with Crippen molar-refractivity contribution >= 4 is 51.5 Å². The Balaban J connectivity index is 1.71. The number of carbonyl (C=O) groups is 1. The standard InChI is InChI=1S/C20H23ClIN3O/c1-14-12-16(22)5-7-18(14)24-19-6-4-15(21)13-17(19)20(26)23-8-11-25-9-2-3-10-25/h4-7,12-13,24H,2-3,8-11H2,1H3,(H,23,26). The second kappa shape index (κ2) is 9.06. The molecule has 1 aliphatic heterocycles. The van der Waals surface area contributed by atoms with Crippen LogP contribution in [-0.2, 0) is 0 Å². The van der Waals surface area contributed by atoms with Crippen LogP contribution in [0.25, 0.3) is 0 Å². The minimum Gasteiger partial charge on any atom is -0.355 e. The molecule has 1 amide bonds. The van der Waals surface area contributed by atoms with Crippen LogP contribution in [0, 0.1) is 10.5 Å². The van der Waals surface area contributed by atoms with Crippen molar-refractivity contribution in [3.05, 3.63) is 56.1 Å². The summed E-state index contributed by atoms with van der Waals surface area (Å²) >= 11 is 8.43. The van der Waals surface area contributed by atoms with Gasteiger partial charge in [-0.2, -0.15) is 0 Å². The van der Waals surface area contributed by atoms with Crippen molar-refractivity contribution in [1.82, 2.24) is 10.2 Å². The highest BCUT2D eigenvalue weighted by Gasteiger charge is 2.15. The highest BCUT2D eigenvalue weighted by molar-refractivity contribution is 14.1. The number of benzene rings is 2. The van der Waals surface area contributed by atoms with Crippen molar-refractivity contribution in [2.24, 2.45) is 0 Å². The molecule has 4 nitrogen and oxygen atoms in total. The van der Waals surface area contributed by atoms with Crippen LogP contribution < -0.4 is 10.6 Å². The van der Waals surface area contributed by atoms with Crippen molar-refractivity contribution in [3.8, 4) is 0 Å². The number of hydrogen-bond donors (Lipinski definition) is 2. The number of nitrogens with one attached hydrogen (secondary N) is 2. The molecule has 0 aromatic heterocycles. The Hall–Kier alpha value is -1.31. The third kappa shape index (κ3) is 5.11. The fraction of sp³-hybridized carbons (Fsp3) is 0.350. The minimum absolute atomic E-state index is 0.0997. The molecule has 6 heteroatoms. The van der Waals surface area contributed by atoms with E-state index in [9.17, 15) is 4.79 Å². The van der Waals surface area contributed by atoms with E-state index in [2.05, 4.69) is 51.1 Å². The zero-order valence-corrected chi connectivity index (χ0v) is 17.7. The molecule has 2 aromatic rings. The van der Waals surface area contributed by atoms with Crippen molar-refractivity contribution in [3.63, 3.8) is 0 Å². The van der Waals surface area contributed by atoms with Gasteiger partial charge in [0.2, 0.25) is 0 Å². The van der Waals surface area contributed by atoms with Crippen LogP contribution in [0.5, 0.6) is 0 Å². The average molecular weight is 484 g/mol. The molecule has 138 valence electrons. The maximum absolute atomic E-state index is 12.7. The SMILES string of the molecule is Cc1cc(I)ccc1Nc1ccc(Cl)cc1C(=O)NCCN1CCCC1. The summed E-state index contributed by atoms with van der Waals surface area (Å²) in [5.41, 5.74) is 3.44. The normalized spacial score (nSPS) is 14.4. The van der Waals surface area contributed by atoms with Gasteiger partial charge in [0, 0.05) is 27.4 Å². The van der Waals surface area contributed by atoms with Crippen LogP contribution in [0.2, 0.25) is 5.02 Å². The van der Waals surface area contributed by atoms with E-state index in [0.29, 0.717) is 17.1 Å². The molecule has 26 heavy (non-hydrogen) atoms. The zero-order chi connectivity index (χ0) is 18.5. The van der Waals surface area contributed by atoms with Gasteiger partial charge in [-0.25, -0.2) is 0 Å². The molecule has 2 aromatic carbocycles. The van der Waals surface area contributed by atoms with Crippen molar-refractivity contribution in [2.75, 3.05) is 31.5 Å². The molecular formula is C20H23ClIN3O. The number of anilines is 2. The molecule has 1 heterocycles. The average Bonchev–Trinajstić information content (AvgIpc) is 3.12. The van der Waals surface area contributed by atoms with Crippen molar-refractivity contribution in [1.29, 1.82) is 0 Å². The van der Waals surface area contributed by atoms with Gasteiger partial charge in [-0.05, 0) is 97.4 Å². The lowest BCUT2D eigenvalue weighted by Crippen LogP contribution is -2.33. The second-order valence-corrected chi connectivity index (χ2v) is 8.26. The summed E-state index contributed by atoms with van der Waals surface area (Å²) in [5, 5.41) is 6.95. The summed E-state index contributed by atoms with van der Waals surface area (Å²) in [6.45, 7) is 5.85. The maximum atomic E-state index is 12.7. The summed E-state index contributed by atoms with van der Waals surface area (Å²) in [6, 6.07) is 11.6. The van der Waals surface area contributed by atoms with Crippen LogP contribution in [0.4, 0.5) is 11.4 Å². The summed E-state index contributed by atoms with van der Waals surface area (Å²) < 4.78 is 1.18. The third-order valence-corrected chi connectivity index (χ3v) is 5.50. The van der Waals surface area contributed by atoms with Crippen molar-refractivity contribution < 1.29 is 4.79 Å². The first-order valence-electron chi connectivity index (χ1n) is 8.86. The first-order valence-corrected chi connectivity index (χ1v) is 10.3. The highest BCUT2D eigenvalue weighted by atomic mass is 127. The van der Waals surface area contributed by atoms with E-state index in [0.717, 1.165) is 36.6 Å². The zero-order valence-electron chi connectivity index (χ0n) is 14.8. The van der Waals surface area contributed by atoms with Gasteiger partial charge in [0.05, 0.1) is 11.3 Å². The second-order valence-electron chi connectivity index (χ2n) is 6.58. The number of likely N-dealkylation sites (tertiary alicyclic amines) is 1. The molecule has 0 saturated carbocycles. The van der Waals surface area contributed by atoms with Gasteiger partial charge in [-0.1, -0.05) is 11.6 Å². The number of aryl methyl sites for hydroxylation is 1. The Morgan fingerprint density at radius 1 is 1.15 bits per heavy atom. The maximum Gasteiger partial charge on any atom is 0.253 e. The fourth-order valence-corrected chi connectivity index (χ4v) is 3.97. The number of halogens is 2. The number of amides is 1. The van der Waals surface area contributed by atoms with E-state index in [1.165, 1.54) is 16.4 Å². The third-order valence-electron chi connectivity index (χ3n) is 4.60. The van der Waals surface area contributed by atoms with Gasteiger partial charge in [-0.3, -0.25) is 4.79 Å². The Morgan fingerprint density at radius 2 is 1.88 bits per heavy atom. The molecule has 0 radical (unpaired) electrons. The lowest BCUT2D eigenvalue weighted by Gasteiger charge is -2.17. The first kappa shape index (κ1) is 19.5. The van der Waals surface area contributed by atoms with E-state index in [-0.39, 0.29) is 5.91 Å². The van der Waals surface area contributed by atoms with Crippen molar-refractivity contribution in [2.45, 2.75) is 19.8 Å². The largest absolute Gasteiger partial charge is 0.355 e. The van der Waals surface area contributed by atoms with E-state index in [1.807, 2.05) is 18.2 Å². The predicted molar refractivity (Wildman–Crippen MR) is 117 cm³/mol. The Kier molecular flexibility index (Phi) is 6.78. The summed E-state index contributed by atoms with van der Waals surface area (Å²) in [7, 11) is 0. The van der Waals surface area contributed by atoms with Gasteiger partial charge >= 0.3 is 0 Å². The number of nitrogens with zero attached hydrogens (tertiary/aromatic N) is 1. The van der Waals surface area contributed by atoms with E-state index in [4.69, 9.17) is 11.6 Å². The van der Waals surface area contributed by atoms with Crippen LogP contribution >= 0.6 is 34.2 Å². The van der Waals surface area contributed by atoms with Gasteiger partial charge < -0.3 is 15.5 Å². The molecule has 0 aliphatic carbocycles. The molecule has 3 rings (SSSR count). The Bertz CT molecular complexity index is 791. The van der Waals surface area contributed by atoms with Gasteiger partial charge in [0.25, 0.3) is 5.91 Å². The minimum atomic E-state index is -0.0997. The monoisotopic (exact) mass is 483 g/mol. The molecule has 1 fully saturated rings. The molecule has 1 saturated heterocycles. The molecule has 0 atom stereocenters. The highest BCUT2D eigenvalue weighted by Crippen LogP contribution is 2.27. The van der Waals surface area contributed by atoms with Crippen LogP contribution in [-0.4, -0.2) is 37.0 Å². The molecule has 0 unspecified atom stereocenters. The van der Waals surface area contributed by atoms with Crippen LogP contribution in [0.3, 0.4) is 0 Å². The molecule has 0 spiro atoms. The number of carbonyl (C=O) groups excluding carboxylic acids is 1. The predicted octanol–water partition coefficient (Wildman–Crippen LogP) is 4.82. The summed E-state index contributed by atoms with van der Waals surface area (Å²) in [5.74, 6) is -0.0997. The quantitative estimate of drug-likeness (QED) is 0.579. The molecule has 1 aliphatic rings. The van der Waals surface area contributed by atoms with Gasteiger partial charge in [0.1, 0.15) is 0 Å². The van der Waals surface area contributed by atoms with E-state index in [1.54, 1.807) is 12.1 Å². The summed E-state index contributed by atoms with van der Waals surface area (Å²) in [6.07, 6.45) is 2.51. The first-order chi connectivity index (χ1) is 12.5. The Morgan fingerprint density at radius 3 is 2.62 bits per heavy atom. The number of rotatable bonds is 6. The molecular weight excluding hydrogens is 461 g/mol. The molecule has 2 N–H and O–H groups in total. The summed E-state index contributed by atoms with van der Waals surface area (Å²) in [4.78, 5) is 15.1. The molecule has 0 bridgehead atoms. The Labute approximate surface area is 173 Å². The van der Waals surface area contributed by atoms with Gasteiger partial charge in [-0.15, -0.1) is 0 Å².